The second kappa shape index (κ2) is 12.1. The van der Waals surface area contributed by atoms with Crippen molar-refractivity contribution in [2.45, 2.75) is 0 Å². The van der Waals surface area contributed by atoms with Gasteiger partial charge < -0.3 is 19.5 Å². The van der Waals surface area contributed by atoms with Gasteiger partial charge in [0.15, 0.2) is 0 Å². The molecule has 0 aliphatic carbocycles. The molecule has 0 amide bonds. The van der Waals surface area contributed by atoms with Crippen molar-refractivity contribution in [1.29, 1.82) is 5.26 Å². The summed E-state index contributed by atoms with van der Waals surface area (Å²) < 4.78 is 25.1. The largest absolute Gasteiger partial charge is 0.497 e. The zero-order valence-electron chi connectivity index (χ0n) is 21.2. The Labute approximate surface area is 225 Å². The molecule has 0 radical (unpaired) electrons. The van der Waals surface area contributed by atoms with Crippen molar-refractivity contribution in [2.75, 3.05) is 19.1 Å². The number of carboxylic acids is 1. The van der Waals surface area contributed by atoms with Crippen molar-refractivity contribution >= 4 is 29.1 Å². The van der Waals surface area contributed by atoms with Crippen LogP contribution < -0.4 is 14.4 Å². The molecular weight excluding hydrogens is 495 g/mol. The number of methoxy groups -OCH3 is 2. The minimum absolute atomic E-state index is 0.000933. The highest BCUT2D eigenvalue weighted by Crippen LogP contribution is 2.36. The molecule has 0 aliphatic heterocycles. The van der Waals surface area contributed by atoms with Crippen LogP contribution in [0.1, 0.15) is 16.7 Å². The number of anilines is 3. The Morgan fingerprint density at radius 2 is 1.26 bits per heavy atom. The minimum Gasteiger partial charge on any atom is -0.497 e. The van der Waals surface area contributed by atoms with E-state index in [0.717, 1.165) is 40.2 Å². The monoisotopic (exact) mass is 518 g/mol. The van der Waals surface area contributed by atoms with Gasteiger partial charge in [0.2, 0.25) is 0 Å². The summed E-state index contributed by atoms with van der Waals surface area (Å²) in [6.07, 6.45) is 0.991. The molecule has 6 nitrogen and oxygen atoms in total. The SMILES string of the molecule is COc1ccc(N(c2ccc(C#Cc3ccc(/C=C(\C#N)C(=O)O)c(F)c3)cc2)c2ccc(OC)cc2)cc1. The van der Waals surface area contributed by atoms with Crippen molar-refractivity contribution in [3.8, 4) is 29.4 Å². The summed E-state index contributed by atoms with van der Waals surface area (Å²) in [6, 6.07) is 28.8. The van der Waals surface area contributed by atoms with Crippen LogP contribution in [0.15, 0.2) is 96.6 Å². The average molecular weight is 519 g/mol. The van der Waals surface area contributed by atoms with E-state index < -0.39 is 17.4 Å². The van der Waals surface area contributed by atoms with Gasteiger partial charge in [-0.1, -0.05) is 17.9 Å². The summed E-state index contributed by atoms with van der Waals surface area (Å²) in [6.45, 7) is 0. The highest BCUT2D eigenvalue weighted by molar-refractivity contribution is 5.96. The van der Waals surface area contributed by atoms with Crippen LogP contribution in [0, 0.1) is 29.0 Å². The number of benzene rings is 4. The number of hydrogen-bond acceptors (Lipinski definition) is 5. The van der Waals surface area contributed by atoms with E-state index in [0.29, 0.717) is 5.56 Å². The number of nitriles is 1. The van der Waals surface area contributed by atoms with Crippen LogP contribution in [-0.2, 0) is 4.79 Å². The molecule has 39 heavy (non-hydrogen) atoms. The number of carboxylic acid groups (broad SMARTS) is 1. The average Bonchev–Trinajstić information content (AvgIpc) is 2.97. The first-order valence-corrected chi connectivity index (χ1v) is 11.8. The van der Waals surface area contributed by atoms with Gasteiger partial charge in [-0.3, -0.25) is 0 Å². The first-order valence-electron chi connectivity index (χ1n) is 11.8. The van der Waals surface area contributed by atoms with Crippen LogP contribution in [0.3, 0.4) is 0 Å². The molecule has 0 spiro atoms. The van der Waals surface area contributed by atoms with Crippen molar-refractivity contribution < 1.29 is 23.8 Å². The van der Waals surface area contributed by atoms with E-state index in [9.17, 15) is 9.18 Å². The van der Waals surface area contributed by atoms with Gasteiger partial charge in [-0.15, -0.1) is 0 Å². The third kappa shape index (κ3) is 6.43. The number of carbonyl (C=O) groups is 1. The Bertz CT molecular complexity index is 1560. The quantitative estimate of drug-likeness (QED) is 0.166. The standard InChI is InChI=1S/C32H23FN2O4/c1-38-29-15-11-27(12-16-29)35(28-13-17-30(39-2)18-14-28)26-9-6-22(7-10-26)3-4-23-5-8-24(31(33)19-23)20-25(21-34)32(36)37/h5-20H,1-2H3,(H,36,37)/b25-20+. The topological polar surface area (TPSA) is 82.8 Å². The van der Waals surface area contributed by atoms with Crippen molar-refractivity contribution in [3.63, 3.8) is 0 Å². The molecule has 0 heterocycles. The lowest BCUT2D eigenvalue weighted by atomic mass is 10.1. The number of ether oxygens (including phenoxy) is 2. The van der Waals surface area contributed by atoms with Crippen molar-refractivity contribution in [1.82, 2.24) is 0 Å². The fourth-order valence-electron chi connectivity index (χ4n) is 3.77. The maximum atomic E-state index is 14.5. The van der Waals surface area contributed by atoms with Crippen molar-refractivity contribution in [2.24, 2.45) is 0 Å². The van der Waals surface area contributed by atoms with E-state index in [4.69, 9.17) is 19.8 Å². The molecule has 0 fully saturated rings. The summed E-state index contributed by atoms with van der Waals surface area (Å²) in [5, 5.41) is 17.8. The molecule has 0 saturated heterocycles. The van der Waals surface area contributed by atoms with E-state index in [-0.39, 0.29) is 5.56 Å². The molecule has 0 saturated carbocycles. The minimum atomic E-state index is -1.42. The van der Waals surface area contributed by atoms with Gasteiger partial charge in [0.1, 0.15) is 29.0 Å². The Morgan fingerprint density at radius 3 is 1.69 bits per heavy atom. The van der Waals surface area contributed by atoms with Gasteiger partial charge in [-0.2, -0.15) is 5.26 Å². The number of rotatable bonds is 7. The van der Waals surface area contributed by atoms with Gasteiger partial charge >= 0.3 is 5.97 Å². The van der Waals surface area contributed by atoms with E-state index in [1.165, 1.54) is 18.2 Å². The highest BCUT2D eigenvalue weighted by atomic mass is 19.1. The molecule has 192 valence electrons. The highest BCUT2D eigenvalue weighted by Gasteiger charge is 2.13. The molecule has 0 aliphatic rings. The van der Waals surface area contributed by atoms with Crippen LogP contribution in [0.5, 0.6) is 11.5 Å². The summed E-state index contributed by atoms with van der Waals surface area (Å²) in [7, 11) is 3.25. The predicted octanol–water partition coefficient (Wildman–Crippen LogP) is 6.70. The van der Waals surface area contributed by atoms with E-state index >= 15 is 0 Å². The third-order valence-electron chi connectivity index (χ3n) is 5.79. The lowest BCUT2D eigenvalue weighted by Gasteiger charge is -2.25. The molecule has 0 bridgehead atoms. The Balaban J connectivity index is 1.61. The second-order valence-electron chi connectivity index (χ2n) is 8.24. The van der Waals surface area contributed by atoms with Crippen molar-refractivity contribution in [3.05, 3.63) is 119 Å². The van der Waals surface area contributed by atoms with Gasteiger partial charge in [-0.05, 0) is 91.0 Å². The number of hydrogen-bond donors (Lipinski definition) is 1. The fraction of sp³-hybridized carbons (Fsp3) is 0.0625. The zero-order valence-corrected chi connectivity index (χ0v) is 21.2. The van der Waals surface area contributed by atoms with Crippen LogP contribution in [0.25, 0.3) is 6.08 Å². The number of aliphatic carboxylic acids is 1. The van der Waals surface area contributed by atoms with E-state index in [1.807, 2.05) is 72.8 Å². The molecule has 1 N–H and O–H groups in total. The van der Waals surface area contributed by atoms with Crippen LogP contribution in [-0.4, -0.2) is 25.3 Å². The maximum absolute atomic E-state index is 14.5. The molecule has 7 heteroatoms. The van der Waals surface area contributed by atoms with Crippen LogP contribution >= 0.6 is 0 Å². The third-order valence-corrected chi connectivity index (χ3v) is 5.79. The van der Waals surface area contributed by atoms with Gasteiger partial charge in [-0.25, -0.2) is 9.18 Å². The summed E-state index contributed by atoms with van der Waals surface area (Å²) >= 11 is 0. The van der Waals surface area contributed by atoms with Crippen LogP contribution in [0.4, 0.5) is 21.5 Å². The molecule has 0 aromatic heterocycles. The molecule has 0 atom stereocenters. The van der Waals surface area contributed by atoms with Crippen LogP contribution in [0.2, 0.25) is 0 Å². The molecule has 4 rings (SSSR count). The van der Waals surface area contributed by atoms with Gasteiger partial charge in [0.25, 0.3) is 0 Å². The lowest BCUT2D eigenvalue weighted by molar-refractivity contribution is -0.132. The molecule has 4 aromatic rings. The van der Waals surface area contributed by atoms with E-state index in [2.05, 4.69) is 16.7 Å². The Kier molecular flexibility index (Phi) is 8.26. The first kappa shape index (κ1) is 26.5. The summed E-state index contributed by atoms with van der Waals surface area (Å²) in [5.74, 6) is 5.38. The van der Waals surface area contributed by atoms with Gasteiger partial charge in [0, 0.05) is 33.8 Å². The first-order chi connectivity index (χ1) is 18.9. The smallest absolute Gasteiger partial charge is 0.346 e. The Hall–Kier alpha value is -5.53. The fourth-order valence-corrected chi connectivity index (χ4v) is 3.77. The normalized spacial score (nSPS) is 10.6. The zero-order chi connectivity index (χ0) is 27.8. The van der Waals surface area contributed by atoms with Gasteiger partial charge in [0.05, 0.1) is 14.2 Å². The summed E-state index contributed by atoms with van der Waals surface area (Å²) in [4.78, 5) is 13.1. The molecular formula is C32H23FN2O4. The second-order valence-corrected chi connectivity index (χ2v) is 8.24. The number of nitrogens with zero attached hydrogens (tertiary/aromatic N) is 2. The molecule has 0 unspecified atom stereocenters. The van der Waals surface area contributed by atoms with E-state index in [1.54, 1.807) is 20.3 Å². The lowest BCUT2D eigenvalue weighted by Crippen LogP contribution is -2.09. The maximum Gasteiger partial charge on any atom is 0.346 e. The predicted molar refractivity (Wildman–Crippen MR) is 148 cm³/mol. The number of halogens is 1. The molecule has 4 aromatic carbocycles. The summed E-state index contributed by atoms with van der Waals surface area (Å²) in [5.41, 5.74) is 3.38. The Morgan fingerprint density at radius 1 is 0.795 bits per heavy atom.